The smallest absolute Gasteiger partial charge is 0.337 e. The first-order valence-corrected chi connectivity index (χ1v) is 22.1. The van der Waals surface area contributed by atoms with Crippen LogP contribution in [0.25, 0.3) is 0 Å². The first-order valence-electron chi connectivity index (χ1n) is 20.7. The van der Waals surface area contributed by atoms with Crippen molar-refractivity contribution >= 4 is 22.1 Å². The van der Waals surface area contributed by atoms with Crippen LogP contribution in [0.1, 0.15) is 64.8 Å². The van der Waals surface area contributed by atoms with Crippen molar-refractivity contribution in [3.05, 3.63) is 128 Å². The monoisotopic (exact) mass is 893 g/mol. The Kier molecular flexibility index (Phi) is 23.3. The van der Waals surface area contributed by atoms with Crippen molar-refractivity contribution in [2.45, 2.75) is 68.6 Å². The summed E-state index contributed by atoms with van der Waals surface area (Å²) < 4.78 is 71.1. The molecule has 3 aromatic carbocycles. The number of hydrogen-bond acceptors (Lipinski definition) is 14. The molecule has 15 heteroatoms. The normalized spacial score (nSPS) is 17.3. The van der Waals surface area contributed by atoms with Gasteiger partial charge in [0, 0.05) is 12.6 Å². The van der Waals surface area contributed by atoms with Gasteiger partial charge >= 0.3 is 11.9 Å². The van der Waals surface area contributed by atoms with E-state index >= 15 is 0 Å². The van der Waals surface area contributed by atoms with E-state index in [4.69, 9.17) is 47.8 Å². The number of esters is 2. The largest absolute Gasteiger partial charge is 0.487 e. The highest BCUT2D eigenvalue weighted by Gasteiger charge is 2.31. The first-order chi connectivity index (χ1) is 30.4. The maximum Gasteiger partial charge on any atom is 0.337 e. The Morgan fingerprint density at radius 1 is 0.651 bits per heavy atom. The lowest BCUT2D eigenvalue weighted by molar-refractivity contribution is 0.0510. The predicted octanol–water partition coefficient (Wildman–Crippen LogP) is 7.99. The number of carbonyl (C=O) groups excluding carboxylic acids is 2. The summed E-state index contributed by atoms with van der Waals surface area (Å²) in [6.07, 6.45) is 12.9. The summed E-state index contributed by atoms with van der Waals surface area (Å²) in [6, 6.07) is 16.8. The second kappa shape index (κ2) is 28.3. The zero-order chi connectivity index (χ0) is 46.0. The van der Waals surface area contributed by atoms with E-state index in [2.05, 4.69) is 26.3 Å². The summed E-state index contributed by atoms with van der Waals surface area (Å²) in [4.78, 5) is 23.4. The van der Waals surface area contributed by atoms with E-state index in [1.54, 1.807) is 72.8 Å². The van der Waals surface area contributed by atoms with Crippen molar-refractivity contribution in [2.24, 2.45) is 11.7 Å². The van der Waals surface area contributed by atoms with Gasteiger partial charge in [-0.3, -0.25) is 4.18 Å². The molecule has 0 unspecified atom stereocenters. The van der Waals surface area contributed by atoms with Crippen LogP contribution in [0.4, 0.5) is 0 Å². The molecule has 63 heavy (non-hydrogen) atoms. The molecule has 0 radical (unpaired) electrons. The van der Waals surface area contributed by atoms with Gasteiger partial charge < -0.3 is 43.6 Å². The van der Waals surface area contributed by atoms with E-state index in [0.717, 1.165) is 50.7 Å². The van der Waals surface area contributed by atoms with E-state index in [0.29, 0.717) is 66.5 Å². The minimum Gasteiger partial charge on any atom is -0.487 e. The standard InChI is InChI=1S/C21H28O5.C15H19NO4.C12H16O4S/c1-4-10-24-12-6-7-16-13-18(14-16)26-19-9-8-17(21(22)23-3)15-20(19)25-11-5-2;1-3-6-19-14-7-10(15(17)18-2)4-5-13(14)20-12-8-11(16)9-12;1-3-8-15-9-10-16-17(13,14)12-6-4-11(2)5-7-12/h4-5,8-9,15-16,18H,1-2,6-7,10-14H2,3H3;3-5,7,11-12H,1,6,8-9,16H2,2H3;3-7H,1,8-10H2,2H3. The lowest BCUT2D eigenvalue weighted by atomic mass is 9.79. The molecule has 2 aliphatic rings. The molecule has 0 spiro atoms. The number of rotatable bonds is 25. The van der Waals surface area contributed by atoms with Gasteiger partial charge in [0.15, 0.2) is 23.0 Å². The number of carbonyl (C=O) groups is 2. The van der Waals surface area contributed by atoms with Crippen molar-refractivity contribution < 1.29 is 60.1 Å². The van der Waals surface area contributed by atoms with E-state index in [1.807, 2.05) is 6.92 Å². The Balaban J connectivity index is 0.000000258. The zero-order valence-electron chi connectivity index (χ0n) is 36.7. The molecule has 0 bridgehead atoms. The molecule has 3 aromatic rings. The number of nitrogens with two attached hydrogens (primary N) is 1. The number of aryl methyl sites for hydroxylation is 1. The van der Waals surface area contributed by atoms with Gasteiger partial charge in [0.2, 0.25) is 0 Å². The van der Waals surface area contributed by atoms with Crippen molar-refractivity contribution in [2.75, 3.05) is 60.5 Å². The van der Waals surface area contributed by atoms with Gasteiger partial charge in [-0.05, 0) is 99.9 Å². The highest BCUT2D eigenvalue weighted by atomic mass is 32.2. The van der Waals surface area contributed by atoms with E-state index in [9.17, 15) is 18.0 Å². The fourth-order valence-corrected chi connectivity index (χ4v) is 6.97. The summed E-state index contributed by atoms with van der Waals surface area (Å²) in [5.41, 5.74) is 7.59. The first kappa shape index (κ1) is 51.9. The summed E-state index contributed by atoms with van der Waals surface area (Å²) in [6.45, 7) is 18.9. The molecule has 0 aromatic heterocycles. The molecular weight excluding hydrogens is 831 g/mol. The Labute approximate surface area is 372 Å². The molecule has 0 heterocycles. The molecule has 344 valence electrons. The van der Waals surface area contributed by atoms with Crippen LogP contribution in [0, 0.1) is 12.8 Å². The van der Waals surface area contributed by atoms with E-state index < -0.39 is 22.1 Å². The lowest BCUT2D eigenvalue weighted by Gasteiger charge is -2.35. The Bertz CT molecular complexity index is 2010. The minimum absolute atomic E-state index is 0.00402. The van der Waals surface area contributed by atoms with E-state index in [-0.39, 0.29) is 36.4 Å². The fraction of sp³-hybridized carbons (Fsp3) is 0.417. The van der Waals surface area contributed by atoms with Gasteiger partial charge in [-0.2, -0.15) is 8.42 Å². The summed E-state index contributed by atoms with van der Waals surface area (Å²) >= 11 is 0. The van der Waals surface area contributed by atoms with Crippen LogP contribution < -0.4 is 24.7 Å². The van der Waals surface area contributed by atoms with Gasteiger partial charge in [-0.25, -0.2) is 9.59 Å². The minimum atomic E-state index is -3.67. The Hall–Kier alpha value is -5.45. The summed E-state index contributed by atoms with van der Waals surface area (Å²) in [7, 11) is -0.975. The zero-order valence-corrected chi connectivity index (χ0v) is 37.5. The van der Waals surface area contributed by atoms with Crippen LogP contribution in [0.15, 0.2) is 116 Å². The highest BCUT2D eigenvalue weighted by molar-refractivity contribution is 7.86. The third kappa shape index (κ3) is 18.4. The topological polar surface area (TPSA) is 177 Å². The SMILES string of the molecule is C=CCOCCCC1CC(Oc2ccc(C(=O)OC)cc2OCC=C)C1.C=CCOCCOS(=O)(=O)c1ccc(C)cc1.C=CCOc1cc(C(=O)OC)ccc1OC1CC(N)C1. The molecule has 2 saturated carbocycles. The lowest BCUT2D eigenvalue weighted by Crippen LogP contribution is -2.43. The van der Waals surface area contributed by atoms with Crippen LogP contribution in [0.5, 0.6) is 23.0 Å². The van der Waals surface area contributed by atoms with Gasteiger partial charge in [0.05, 0.1) is 62.8 Å². The number of methoxy groups -OCH3 is 2. The van der Waals surface area contributed by atoms with Crippen molar-refractivity contribution in [3.63, 3.8) is 0 Å². The molecule has 2 aliphatic carbocycles. The molecule has 0 amide bonds. The molecule has 0 saturated heterocycles. The van der Waals surface area contributed by atoms with Crippen LogP contribution in [-0.2, 0) is 33.2 Å². The molecule has 5 rings (SSSR count). The second-order valence-electron chi connectivity index (χ2n) is 14.5. The average molecular weight is 894 g/mol. The molecule has 0 aliphatic heterocycles. The quantitative estimate of drug-likeness (QED) is 0.0375. The maximum atomic E-state index is 11.7. The summed E-state index contributed by atoms with van der Waals surface area (Å²) in [5.74, 6) is 2.17. The molecule has 14 nitrogen and oxygen atoms in total. The number of hydrogen-bond donors (Lipinski definition) is 1. The molecule has 2 N–H and O–H groups in total. The number of benzene rings is 3. The average Bonchev–Trinajstić information content (AvgIpc) is 3.26. The van der Waals surface area contributed by atoms with Gasteiger partial charge in [-0.15, -0.1) is 13.2 Å². The summed E-state index contributed by atoms with van der Waals surface area (Å²) in [5, 5.41) is 0. The Morgan fingerprint density at radius 3 is 1.59 bits per heavy atom. The van der Waals surface area contributed by atoms with Crippen LogP contribution in [-0.4, -0.2) is 99.1 Å². The Morgan fingerprint density at radius 2 is 1.13 bits per heavy atom. The highest BCUT2D eigenvalue weighted by Crippen LogP contribution is 2.38. The maximum absolute atomic E-state index is 11.7. The number of ether oxygens (including phenoxy) is 8. The van der Waals surface area contributed by atoms with Crippen LogP contribution in [0.2, 0.25) is 0 Å². The van der Waals surface area contributed by atoms with E-state index in [1.165, 1.54) is 26.4 Å². The van der Waals surface area contributed by atoms with Crippen molar-refractivity contribution in [1.29, 1.82) is 0 Å². The molecular formula is C48H63NO13S. The van der Waals surface area contributed by atoms with Gasteiger partial charge in [-0.1, -0.05) is 55.2 Å². The third-order valence-electron chi connectivity index (χ3n) is 9.50. The predicted molar refractivity (Wildman–Crippen MR) is 241 cm³/mol. The second-order valence-corrected chi connectivity index (χ2v) is 16.1. The van der Waals surface area contributed by atoms with Crippen LogP contribution in [0.3, 0.4) is 0 Å². The van der Waals surface area contributed by atoms with Crippen molar-refractivity contribution in [3.8, 4) is 23.0 Å². The third-order valence-corrected chi connectivity index (χ3v) is 10.8. The van der Waals surface area contributed by atoms with Gasteiger partial charge in [0.1, 0.15) is 19.3 Å². The van der Waals surface area contributed by atoms with Crippen LogP contribution >= 0.6 is 0 Å². The van der Waals surface area contributed by atoms with Gasteiger partial charge in [0.25, 0.3) is 10.1 Å². The van der Waals surface area contributed by atoms with Crippen molar-refractivity contribution in [1.82, 2.24) is 0 Å². The fourth-order valence-electron chi connectivity index (χ4n) is 6.07. The molecule has 0 atom stereocenters. The molecule has 2 fully saturated rings.